The molecule has 0 fully saturated rings. The number of H-pyrrole nitrogens is 1. The fraction of sp³-hybridized carbons (Fsp3) is 0.368. The van der Waals surface area contributed by atoms with E-state index >= 15 is 0 Å². The van der Waals surface area contributed by atoms with E-state index in [0.717, 1.165) is 16.5 Å². The van der Waals surface area contributed by atoms with Gasteiger partial charge in [-0.2, -0.15) is 5.10 Å². The van der Waals surface area contributed by atoms with Crippen LogP contribution in [-0.4, -0.2) is 30.1 Å². The maximum Gasteiger partial charge on any atom is 0.269 e. The average Bonchev–Trinajstić information content (AvgIpc) is 3.15. The number of fused-ring (bicyclic) bond motifs is 2. The number of benzene rings is 1. The zero-order valence-corrected chi connectivity index (χ0v) is 16.2. The van der Waals surface area contributed by atoms with Crippen LogP contribution < -0.4 is 4.31 Å². The monoisotopic (exact) mass is 370 g/mol. The molecule has 6 nitrogen and oxygen atoms in total. The number of aryl methyl sites for hydroxylation is 2. The number of nitrogens with one attached hydrogen (secondary N) is 1. The van der Waals surface area contributed by atoms with Crippen LogP contribution in [0.3, 0.4) is 0 Å². The lowest BCUT2D eigenvalue weighted by Crippen LogP contribution is -2.30. The summed E-state index contributed by atoms with van der Waals surface area (Å²) in [5.74, 6) is 0.978. The third kappa shape index (κ3) is 2.49. The van der Waals surface area contributed by atoms with Crippen molar-refractivity contribution in [3.8, 4) is 0 Å². The molecular weight excluding hydrogens is 348 g/mol. The second-order valence-electron chi connectivity index (χ2n) is 7.17. The van der Waals surface area contributed by atoms with Crippen LogP contribution >= 0.6 is 0 Å². The van der Waals surface area contributed by atoms with Gasteiger partial charge in [-0.25, -0.2) is 17.7 Å². The first-order valence-electron chi connectivity index (χ1n) is 8.77. The standard InChI is InChI=1S/C19H22N4O2S/c1-11(2)14-5-6-17-16(9-14)10-15-7-8-23(19(15)20-17)26(24,25)18-12(3)21-22-13(18)4/h5-6,9-11H,7-8H2,1-4H3,(H,21,22). The van der Waals surface area contributed by atoms with Crippen LogP contribution in [-0.2, 0) is 16.4 Å². The molecule has 0 unspecified atom stereocenters. The van der Waals surface area contributed by atoms with E-state index in [9.17, 15) is 8.42 Å². The number of hydrogen-bond donors (Lipinski definition) is 1. The first-order valence-corrected chi connectivity index (χ1v) is 10.2. The van der Waals surface area contributed by atoms with Gasteiger partial charge in [0, 0.05) is 11.9 Å². The largest absolute Gasteiger partial charge is 0.281 e. The molecule has 1 aliphatic heterocycles. The Morgan fingerprint density at radius 1 is 1.19 bits per heavy atom. The maximum atomic E-state index is 13.2. The second kappa shape index (κ2) is 5.81. The van der Waals surface area contributed by atoms with Gasteiger partial charge in [0.2, 0.25) is 0 Å². The van der Waals surface area contributed by atoms with Crippen LogP contribution in [0.4, 0.5) is 5.82 Å². The molecule has 0 saturated carbocycles. The van der Waals surface area contributed by atoms with Crippen LogP contribution in [0.25, 0.3) is 10.9 Å². The van der Waals surface area contributed by atoms with Gasteiger partial charge in [0.05, 0.1) is 16.9 Å². The molecule has 3 heterocycles. The van der Waals surface area contributed by atoms with E-state index in [2.05, 4.69) is 47.2 Å². The van der Waals surface area contributed by atoms with Crippen LogP contribution in [0.5, 0.6) is 0 Å². The van der Waals surface area contributed by atoms with Crippen molar-refractivity contribution in [2.75, 3.05) is 10.8 Å². The van der Waals surface area contributed by atoms with Gasteiger partial charge >= 0.3 is 0 Å². The SMILES string of the molecule is Cc1n[nH]c(C)c1S(=O)(=O)N1CCc2cc3cc(C(C)C)ccc3nc21. The predicted molar refractivity (Wildman–Crippen MR) is 102 cm³/mol. The molecular formula is C19H22N4O2S. The number of aromatic amines is 1. The minimum Gasteiger partial charge on any atom is -0.281 e. The topological polar surface area (TPSA) is 79.0 Å². The summed E-state index contributed by atoms with van der Waals surface area (Å²) in [6, 6.07) is 8.26. The highest BCUT2D eigenvalue weighted by molar-refractivity contribution is 7.93. The molecule has 0 radical (unpaired) electrons. The Morgan fingerprint density at radius 3 is 2.62 bits per heavy atom. The van der Waals surface area contributed by atoms with E-state index in [4.69, 9.17) is 0 Å². The number of rotatable bonds is 3. The van der Waals surface area contributed by atoms with Crippen molar-refractivity contribution >= 4 is 26.7 Å². The highest BCUT2D eigenvalue weighted by Crippen LogP contribution is 2.35. The number of sulfonamides is 1. The first-order chi connectivity index (χ1) is 12.3. The van der Waals surface area contributed by atoms with Crippen LogP contribution in [0.1, 0.15) is 42.3 Å². The van der Waals surface area contributed by atoms with Crippen molar-refractivity contribution in [1.82, 2.24) is 15.2 Å². The molecule has 0 amide bonds. The Kier molecular flexibility index (Phi) is 3.80. The zero-order chi connectivity index (χ0) is 18.6. The summed E-state index contributed by atoms with van der Waals surface area (Å²) in [5.41, 5.74) is 4.08. The van der Waals surface area contributed by atoms with Crippen molar-refractivity contribution in [3.05, 3.63) is 46.8 Å². The third-order valence-corrected chi connectivity index (χ3v) is 7.04. The summed E-state index contributed by atoms with van der Waals surface area (Å²) in [7, 11) is -3.68. The second-order valence-corrected chi connectivity index (χ2v) is 8.97. The van der Waals surface area contributed by atoms with Crippen molar-refractivity contribution in [2.24, 2.45) is 0 Å². The molecule has 1 aliphatic rings. The van der Waals surface area contributed by atoms with Crippen LogP contribution in [0, 0.1) is 13.8 Å². The number of nitrogens with zero attached hydrogens (tertiary/aromatic N) is 3. The lowest BCUT2D eigenvalue weighted by molar-refractivity contribution is 0.591. The first kappa shape index (κ1) is 17.0. The summed E-state index contributed by atoms with van der Waals surface area (Å²) >= 11 is 0. The minimum absolute atomic E-state index is 0.252. The van der Waals surface area contributed by atoms with E-state index in [0.29, 0.717) is 36.1 Å². The summed E-state index contributed by atoms with van der Waals surface area (Å²) < 4.78 is 27.8. The van der Waals surface area contributed by atoms with Crippen molar-refractivity contribution in [3.63, 3.8) is 0 Å². The molecule has 0 bridgehead atoms. The van der Waals surface area contributed by atoms with Gasteiger partial charge < -0.3 is 0 Å². The Balaban J connectivity index is 1.84. The number of anilines is 1. The molecule has 7 heteroatoms. The van der Waals surface area contributed by atoms with Gasteiger partial charge in [-0.3, -0.25) is 5.10 Å². The predicted octanol–water partition coefficient (Wildman–Crippen LogP) is 3.45. The van der Waals surface area contributed by atoms with Gasteiger partial charge in [-0.15, -0.1) is 0 Å². The van der Waals surface area contributed by atoms with Crippen LogP contribution in [0.15, 0.2) is 29.2 Å². The zero-order valence-electron chi connectivity index (χ0n) is 15.4. The fourth-order valence-electron chi connectivity index (χ4n) is 3.58. The van der Waals surface area contributed by atoms with Crippen molar-refractivity contribution < 1.29 is 8.42 Å². The summed E-state index contributed by atoms with van der Waals surface area (Å²) in [5, 5.41) is 7.86. The van der Waals surface area contributed by atoms with Gasteiger partial charge in [0.25, 0.3) is 10.0 Å². The smallest absolute Gasteiger partial charge is 0.269 e. The lowest BCUT2D eigenvalue weighted by atomic mass is 10.0. The number of aromatic nitrogens is 3. The molecule has 0 aliphatic carbocycles. The Morgan fingerprint density at radius 2 is 1.96 bits per heavy atom. The molecule has 0 spiro atoms. The van der Waals surface area contributed by atoms with Crippen molar-refractivity contribution in [1.29, 1.82) is 0 Å². The summed E-state index contributed by atoms with van der Waals surface area (Å²) in [6.07, 6.45) is 0.666. The molecule has 0 saturated heterocycles. The van der Waals surface area contributed by atoms with E-state index in [1.807, 2.05) is 6.07 Å². The van der Waals surface area contributed by atoms with Gasteiger partial charge in [0.15, 0.2) is 0 Å². The molecule has 26 heavy (non-hydrogen) atoms. The van der Waals surface area contributed by atoms with E-state index in [1.54, 1.807) is 13.8 Å². The van der Waals surface area contributed by atoms with E-state index < -0.39 is 10.0 Å². The highest BCUT2D eigenvalue weighted by Gasteiger charge is 2.35. The van der Waals surface area contributed by atoms with Crippen molar-refractivity contribution in [2.45, 2.75) is 44.9 Å². The van der Waals surface area contributed by atoms with Gasteiger partial charge in [0.1, 0.15) is 10.7 Å². The normalized spacial score (nSPS) is 14.4. The molecule has 136 valence electrons. The fourth-order valence-corrected chi connectivity index (χ4v) is 5.37. The molecule has 3 aromatic rings. The Labute approximate surface area is 153 Å². The minimum atomic E-state index is -3.68. The Hall–Kier alpha value is -2.41. The van der Waals surface area contributed by atoms with E-state index in [-0.39, 0.29) is 4.90 Å². The van der Waals surface area contributed by atoms with E-state index in [1.165, 1.54) is 9.87 Å². The lowest BCUT2D eigenvalue weighted by Gasteiger charge is -2.19. The van der Waals surface area contributed by atoms with Crippen LogP contribution in [0.2, 0.25) is 0 Å². The maximum absolute atomic E-state index is 13.2. The van der Waals surface area contributed by atoms with Gasteiger partial charge in [-0.05, 0) is 55.5 Å². The highest BCUT2D eigenvalue weighted by atomic mass is 32.2. The Bertz CT molecular complexity index is 1100. The molecule has 4 rings (SSSR count). The molecule has 0 atom stereocenters. The summed E-state index contributed by atoms with van der Waals surface area (Å²) in [4.78, 5) is 4.94. The quantitative estimate of drug-likeness (QED) is 0.766. The molecule has 1 N–H and O–H groups in total. The third-order valence-electron chi connectivity index (χ3n) is 4.99. The number of pyridine rings is 1. The summed E-state index contributed by atoms with van der Waals surface area (Å²) in [6.45, 7) is 8.15. The molecule has 1 aromatic carbocycles. The molecule has 2 aromatic heterocycles. The number of hydrogen-bond acceptors (Lipinski definition) is 4. The van der Waals surface area contributed by atoms with Gasteiger partial charge in [-0.1, -0.05) is 19.9 Å². The average molecular weight is 370 g/mol.